The molecule has 1 aliphatic rings. The molecule has 1 aromatic carbocycles. The van der Waals surface area contributed by atoms with E-state index >= 15 is 0 Å². The molecule has 0 bridgehead atoms. The molecule has 1 unspecified atom stereocenters. The van der Waals surface area contributed by atoms with E-state index in [9.17, 15) is 4.79 Å². The van der Waals surface area contributed by atoms with Crippen LogP contribution in [0.3, 0.4) is 0 Å². The van der Waals surface area contributed by atoms with Gasteiger partial charge in [0.05, 0.1) is 5.52 Å². The zero-order valence-corrected chi connectivity index (χ0v) is 12.4. The first-order valence-corrected chi connectivity index (χ1v) is 6.18. The normalized spacial score (nSPS) is 17.9. The fourth-order valence-electron chi connectivity index (χ4n) is 2.22. The number of piperidine rings is 1. The van der Waals surface area contributed by atoms with Crippen molar-refractivity contribution in [2.75, 3.05) is 13.1 Å². The van der Waals surface area contributed by atoms with E-state index in [0.29, 0.717) is 0 Å². The lowest BCUT2D eigenvalue weighted by atomic mass is 10.1. The third kappa shape index (κ3) is 3.85. The third-order valence-electron chi connectivity index (χ3n) is 3.14. The van der Waals surface area contributed by atoms with Crippen LogP contribution in [0.15, 0.2) is 29.2 Å². The number of rotatable bonds is 2. The Kier molecular flexibility index (Phi) is 6.26. The number of benzene rings is 1. The van der Waals surface area contributed by atoms with E-state index in [2.05, 4.69) is 15.3 Å². The Morgan fingerprint density at radius 2 is 2.15 bits per heavy atom. The summed E-state index contributed by atoms with van der Waals surface area (Å²) in [6.07, 6.45) is 4.02. The quantitative estimate of drug-likeness (QED) is 0.887. The summed E-state index contributed by atoms with van der Waals surface area (Å²) in [5.41, 5.74) is 0.455. The van der Waals surface area contributed by atoms with Crippen LogP contribution in [-0.4, -0.2) is 29.2 Å². The number of fused-ring (bicyclic) bond motifs is 1. The molecule has 2 aromatic rings. The molecule has 5 nitrogen and oxygen atoms in total. The Hall–Kier alpha value is -1.30. The molecule has 0 radical (unpaired) electrons. The molecule has 2 heterocycles. The van der Waals surface area contributed by atoms with Gasteiger partial charge in [0.25, 0.3) is 0 Å². The minimum atomic E-state index is -0.326. The second-order valence-corrected chi connectivity index (χ2v) is 4.52. The monoisotopic (exact) mass is 317 g/mol. The predicted octanol–water partition coefficient (Wildman–Crippen LogP) is 1.90. The van der Waals surface area contributed by atoms with E-state index in [1.54, 1.807) is 6.20 Å². The zero-order chi connectivity index (χ0) is 12.4. The number of nitrogens with one attached hydrogen (secondary N) is 2. The molecular weight excluding hydrogens is 301 g/mol. The summed E-state index contributed by atoms with van der Waals surface area (Å²) in [6.45, 7) is 1.96. The molecule has 3 rings (SSSR count). The Morgan fingerprint density at radius 1 is 1.30 bits per heavy atom. The van der Waals surface area contributed by atoms with Gasteiger partial charge in [-0.2, -0.15) is 0 Å². The maximum Gasteiger partial charge on any atom is 0.345 e. The van der Waals surface area contributed by atoms with Crippen molar-refractivity contribution in [1.82, 2.24) is 15.3 Å². The smallest absolute Gasteiger partial charge is 0.345 e. The lowest BCUT2D eigenvalue weighted by molar-refractivity contribution is 0.167. The summed E-state index contributed by atoms with van der Waals surface area (Å²) in [7, 11) is 0. The SMILES string of the molecule is Cl.Cl.O=c1ncc2cc(OC3CCCNC3)ccc2[nH]1. The number of halogens is 2. The number of H-pyrrole nitrogens is 1. The highest BCUT2D eigenvalue weighted by atomic mass is 35.5. The van der Waals surface area contributed by atoms with E-state index in [4.69, 9.17) is 4.74 Å². The Balaban J connectivity index is 0.000001000. The minimum Gasteiger partial charge on any atom is -0.489 e. The van der Waals surface area contributed by atoms with Gasteiger partial charge in [0.1, 0.15) is 11.9 Å². The maximum atomic E-state index is 11.1. The molecule has 1 fully saturated rings. The topological polar surface area (TPSA) is 67.0 Å². The molecule has 0 saturated carbocycles. The van der Waals surface area contributed by atoms with Crippen LogP contribution in [0.1, 0.15) is 12.8 Å². The van der Waals surface area contributed by atoms with Crippen molar-refractivity contribution in [3.8, 4) is 5.75 Å². The molecule has 1 aliphatic heterocycles. The van der Waals surface area contributed by atoms with Gasteiger partial charge in [-0.25, -0.2) is 9.78 Å². The van der Waals surface area contributed by atoms with Gasteiger partial charge >= 0.3 is 5.69 Å². The first-order valence-electron chi connectivity index (χ1n) is 6.18. The summed E-state index contributed by atoms with van der Waals surface area (Å²) in [4.78, 5) is 17.5. The van der Waals surface area contributed by atoms with E-state index in [1.807, 2.05) is 18.2 Å². The first-order chi connectivity index (χ1) is 8.81. The van der Waals surface area contributed by atoms with Crippen molar-refractivity contribution < 1.29 is 4.74 Å². The van der Waals surface area contributed by atoms with Crippen LogP contribution in [0.5, 0.6) is 5.75 Å². The number of hydrogen-bond acceptors (Lipinski definition) is 4. The van der Waals surface area contributed by atoms with Crippen LogP contribution in [0.4, 0.5) is 0 Å². The van der Waals surface area contributed by atoms with Gasteiger partial charge in [-0.1, -0.05) is 0 Å². The zero-order valence-electron chi connectivity index (χ0n) is 10.8. The summed E-state index contributed by atoms with van der Waals surface area (Å²) in [6, 6.07) is 5.64. The Morgan fingerprint density at radius 3 is 2.90 bits per heavy atom. The second kappa shape index (κ2) is 7.47. The first kappa shape index (κ1) is 16.8. The maximum absolute atomic E-state index is 11.1. The van der Waals surface area contributed by atoms with Gasteiger partial charge in [0.15, 0.2) is 0 Å². The molecule has 7 heteroatoms. The average molecular weight is 318 g/mol. The van der Waals surface area contributed by atoms with Gasteiger partial charge in [0, 0.05) is 18.1 Å². The van der Waals surface area contributed by atoms with E-state index in [0.717, 1.165) is 42.6 Å². The average Bonchev–Trinajstić information content (AvgIpc) is 2.40. The molecule has 0 spiro atoms. The molecule has 1 atom stereocenters. The molecule has 110 valence electrons. The summed E-state index contributed by atoms with van der Waals surface area (Å²) in [5.74, 6) is 0.824. The lowest BCUT2D eigenvalue weighted by Gasteiger charge is -2.24. The molecule has 2 N–H and O–H groups in total. The van der Waals surface area contributed by atoms with Crippen LogP contribution >= 0.6 is 24.8 Å². The van der Waals surface area contributed by atoms with E-state index in [-0.39, 0.29) is 36.6 Å². The van der Waals surface area contributed by atoms with Gasteiger partial charge in [0.2, 0.25) is 0 Å². The van der Waals surface area contributed by atoms with Crippen molar-refractivity contribution in [2.45, 2.75) is 18.9 Å². The van der Waals surface area contributed by atoms with Crippen LogP contribution in [0.25, 0.3) is 10.9 Å². The number of aromatic amines is 1. The van der Waals surface area contributed by atoms with Gasteiger partial charge < -0.3 is 15.0 Å². The molecule has 0 amide bonds. The van der Waals surface area contributed by atoms with Gasteiger partial charge in [-0.05, 0) is 37.6 Å². The third-order valence-corrected chi connectivity index (χ3v) is 3.14. The minimum absolute atomic E-state index is 0. The van der Waals surface area contributed by atoms with Crippen molar-refractivity contribution in [3.63, 3.8) is 0 Å². The van der Waals surface area contributed by atoms with Crippen molar-refractivity contribution >= 4 is 35.7 Å². The van der Waals surface area contributed by atoms with Gasteiger partial charge in [-0.15, -0.1) is 24.8 Å². The van der Waals surface area contributed by atoms with Crippen molar-refractivity contribution in [2.24, 2.45) is 0 Å². The summed E-state index contributed by atoms with van der Waals surface area (Å²) >= 11 is 0. The molecular formula is C13H17Cl2N3O2. The second-order valence-electron chi connectivity index (χ2n) is 4.52. The fourth-order valence-corrected chi connectivity index (χ4v) is 2.22. The van der Waals surface area contributed by atoms with E-state index < -0.39 is 0 Å². The highest BCUT2D eigenvalue weighted by Gasteiger charge is 2.14. The summed E-state index contributed by atoms with van der Waals surface area (Å²) < 4.78 is 5.91. The standard InChI is InChI=1S/C13H15N3O2.2ClH/c17-13-15-7-9-6-10(3-4-12(9)16-13)18-11-2-1-5-14-8-11;;/h3-4,6-7,11,14H,1-2,5,8H2,(H,15,16,17);2*1H. The number of ether oxygens (including phenoxy) is 1. The number of aromatic nitrogens is 2. The molecule has 1 aromatic heterocycles. The number of hydrogen-bond donors (Lipinski definition) is 2. The highest BCUT2D eigenvalue weighted by Crippen LogP contribution is 2.20. The van der Waals surface area contributed by atoms with Crippen LogP contribution < -0.4 is 15.7 Å². The molecule has 20 heavy (non-hydrogen) atoms. The molecule has 1 saturated heterocycles. The van der Waals surface area contributed by atoms with Crippen LogP contribution in [0.2, 0.25) is 0 Å². The largest absolute Gasteiger partial charge is 0.489 e. The fraction of sp³-hybridized carbons (Fsp3) is 0.385. The van der Waals surface area contributed by atoms with Crippen LogP contribution in [0, 0.1) is 0 Å². The lowest BCUT2D eigenvalue weighted by Crippen LogP contribution is -2.37. The van der Waals surface area contributed by atoms with Crippen molar-refractivity contribution in [3.05, 3.63) is 34.9 Å². The highest BCUT2D eigenvalue weighted by molar-refractivity contribution is 5.85. The number of nitrogens with zero attached hydrogens (tertiary/aromatic N) is 1. The Labute approximate surface area is 129 Å². The molecule has 0 aliphatic carbocycles. The van der Waals surface area contributed by atoms with Crippen molar-refractivity contribution in [1.29, 1.82) is 0 Å². The predicted molar refractivity (Wildman–Crippen MR) is 83.4 cm³/mol. The van der Waals surface area contributed by atoms with Crippen LogP contribution in [-0.2, 0) is 0 Å². The van der Waals surface area contributed by atoms with Gasteiger partial charge in [-0.3, -0.25) is 0 Å². The summed E-state index contributed by atoms with van der Waals surface area (Å²) in [5, 5.41) is 4.20. The Bertz CT molecular complexity index is 612. The van der Waals surface area contributed by atoms with E-state index in [1.165, 1.54) is 0 Å².